The van der Waals surface area contributed by atoms with Gasteiger partial charge in [0.05, 0.1) is 18.7 Å². The molecule has 0 saturated heterocycles. The molecule has 1 rings (SSSR count). The Morgan fingerprint density at radius 2 is 1.84 bits per heavy atom. The number of Topliss-reactive ketones (excluding diaryl/α,β-unsaturated/α-hetero) is 1. The van der Waals surface area contributed by atoms with Crippen molar-refractivity contribution in [1.29, 1.82) is 0 Å². The summed E-state index contributed by atoms with van der Waals surface area (Å²) in [5.74, 6) is -0.285. The maximum absolute atomic E-state index is 12.2. The van der Waals surface area contributed by atoms with Crippen LogP contribution in [0.4, 0.5) is 4.79 Å². The zero-order valence-corrected chi connectivity index (χ0v) is 15.5. The summed E-state index contributed by atoms with van der Waals surface area (Å²) in [7, 11) is 0. The van der Waals surface area contributed by atoms with Gasteiger partial charge in [-0.1, -0.05) is 30.3 Å². The second-order valence-corrected chi connectivity index (χ2v) is 7.21. The highest BCUT2D eigenvalue weighted by molar-refractivity contribution is 5.80. The van der Waals surface area contributed by atoms with Gasteiger partial charge in [-0.3, -0.25) is 4.79 Å². The predicted octanol–water partition coefficient (Wildman–Crippen LogP) is 2.35. The van der Waals surface area contributed by atoms with Crippen LogP contribution in [0.2, 0.25) is 0 Å². The SMILES string of the molecule is C[C@@H](O)[C@@H](NC(=O)OC(C)(C)C)C(CCC(=O)CN)c1ccccc1. The van der Waals surface area contributed by atoms with E-state index in [0.29, 0.717) is 6.42 Å². The van der Waals surface area contributed by atoms with Crippen LogP contribution in [-0.2, 0) is 9.53 Å². The van der Waals surface area contributed by atoms with Gasteiger partial charge in [-0.2, -0.15) is 0 Å². The van der Waals surface area contributed by atoms with Crippen LogP contribution < -0.4 is 11.1 Å². The molecule has 1 aromatic rings. The third kappa shape index (κ3) is 7.67. The van der Waals surface area contributed by atoms with Crippen molar-refractivity contribution in [2.24, 2.45) is 5.73 Å². The summed E-state index contributed by atoms with van der Waals surface area (Å²) >= 11 is 0. The first-order valence-electron chi connectivity index (χ1n) is 8.58. The number of aliphatic hydroxyl groups is 1. The molecule has 25 heavy (non-hydrogen) atoms. The molecule has 0 aliphatic rings. The van der Waals surface area contributed by atoms with Gasteiger partial charge in [-0.15, -0.1) is 0 Å². The van der Waals surface area contributed by atoms with E-state index in [2.05, 4.69) is 5.32 Å². The normalized spacial score (nSPS) is 15.1. The first-order valence-corrected chi connectivity index (χ1v) is 8.58. The molecule has 1 unspecified atom stereocenters. The zero-order valence-electron chi connectivity index (χ0n) is 15.5. The molecule has 6 heteroatoms. The van der Waals surface area contributed by atoms with E-state index in [1.807, 2.05) is 30.3 Å². The van der Waals surface area contributed by atoms with Gasteiger partial charge in [0, 0.05) is 12.3 Å². The molecule has 3 atom stereocenters. The van der Waals surface area contributed by atoms with Crippen molar-refractivity contribution < 1.29 is 19.4 Å². The van der Waals surface area contributed by atoms with E-state index < -0.39 is 23.8 Å². The number of rotatable bonds is 8. The Labute approximate surface area is 149 Å². The summed E-state index contributed by atoms with van der Waals surface area (Å²) < 4.78 is 5.30. The monoisotopic (exact) mass is 350 g/mol. The van der Waals surface area contributed by atoms with Gasteiger partial charge in [0.15, 0.2) is 0 Å². The number of benzene rings is 1. The molecule has 4 N–H and O–H groups in total. The average molecular weight is 350 g/mol. The molecule has 6 nitrogen and oxygen atoms in total. The highest BCUT2D eigenvalue weighted by Crippen LogP contribution is 2.27. The Morgan fingerprint density at radius 1 is 1.24 bits per heavy atom. The Balaban J connectivity index is 3.00. The molecule has 0 aromatic heterocycles. The molecule has 0 aliphatic heterocycles. The van der Waals surface area contributed by atoms with Gasteiger partial charge in [-0.25, -0.2) is 4.79 Å². The second kappa shape index (κ2) is 9.53. The van der Waals surface area contributed by atoms with Gasteiger partial charge in [0.2, 0.25) is 0 Å². The standard InChI is InChI=1S/C19H30N2O4/c1-13(22)17(21-18(24)25-19(2,3)4)16(11-10-15(23)12-20)14-8-6-5-7-9-14/h5-9,13,16-17,22H,10-12,20H2,1-4H3,(H,21,24)/t13-,16?,17-/m1/s1. The number of hydrogen-bond donors (Lipinski definition) is 3. The molecule has 0 spiro atoms. The summed E-state index contributed by atoms with van der Waals surface area (Å²) in [4.78, 5) is 23.8. The fraction of sp³-hybridized carbons (Fsp3) is 0.579. The van der Waals surface area contributed by atoms with Crippen molar-refractivity contribution >= 4 is 11.9 Å². The lowest BCUT2D eigenvalue weighted by atomic mass is 9.84. The summed E-state index contributed by atoms with van der Waals surface area (Å²) in [5, 5.41) is 13.0. The average Bonchev–Trinajstić information content (AvgIpc) is 2.52. The van der Waals surface area contributed by atoms with E-state index in [9.17, 15) is 14.7 Å². The van der Waals surface area contributed by atoms with Crippen LogP contribution >= 0.6 is 0 Å². The van der Waals surface area contributed by atoms with Crippen molar-refractivity contribution in [1.82, 2.24) is 5.32 Å². The number of alkyl carbamates (subject to hydrolysis) is 1. The Bertz CT molecular complexity index is 552. The number of carbonyl (C=O) groups is 2. The Morgan fingerprint density at radius 3 is 2.32 bits per heavy atom. The fourth-order valence-electron chi connectivity index (χ4n) is 2.67. The first-order chi connectivity index (χ1) is 11.6. The van der Waals surface area contributed by atoms with Gasteiger partial charge in [0.1, 0.15) is 11.4 Å². The maximum Gasteiger partial charge on any atom is 0.407 e. The number of nitrogens with one attached hydrogen (secondary N) is 1. The molecule has 0 radical (unpaired) electrons. The van der Waals surface area contributed by atoms with Crippen LogP contribution in [0, 0.1) is 0 Å². The van der Waals surface area contributed by atoms with Crippen molar-refractivity contribution in [3.05, 3.63) is 35.9 Å². The number of ether oxygens (including phenoxy) is 1. The van der Waals surface area contributed by atoms with Crippen molar-refractivity contribution in [3.8, 4) is 0 Å². The van der Waals surface area contributed by atoms with Crippen molar-refractivity contribution in [2.45, 2.75) is 64.2 Å². The van der Waals surface area contributed by atoms with Gasteiger partial charge in [0.25, 0.3) is 0 Å². The zero-order chi connectivity index (χ0) is 19.0. The summed E-state index contributed by atoms with van der Waals surface area (Å²) in [5.41, 5.74) is 5.70. The molecule has 0 aliphatic carbocycles. The molecule has 1 aromatic carbocycles. The molecule has 140 valence electrons. The highest BCUT2D eigenvalue weighted by Gasteiger charge is 2.30. The number of aliphatic hydroxyl groups excluding tert-OH is 1. The van der Waals surface area contributed by atoms with E-state index in [0.717, 1.165) is 5.56 Å². The third-order valence-electron chi connectivity index (χ3n) is 3.83. The smallest absolute Gasteiger partial charge is 0.407 e. The Hall–Kier alpha value is -1.92. The molecule has 0 fully saturated rings. The summed E-state index contributed by atoms with van der Waals surface area (Å²) in [6.07, 6.45) is -0.643. The molecular formula is C19H30N2O4. The van der Waals surface area contributed by atoms with E-state index in [1.165, 1.54) is 0 Å². The fourth-order valence-corrected chi connectivity index (χ4v) is 2.67. The minimum absolute atomic E-state index is 0.0135. The number of ketones is 1. The molecule has 1 amide bonds. The van der Waals surface area contributed by atoms with E-state index in [-0.39, 0.29) is 24.7 Å². The lowest BCUT2D eigenvalue weighted by Crippen LogP contribution is -2.48. The number of hydrogen-bond acceptors (Lipinski definition) is 5. The summed E-state index contributed by atoms with van der Waals surface area (Å²) in [6, 6.07) is 8.93. The first kappa shape index (κ1) is 21.1. The minimum Gasteiger partial charge on any atom is -0.444 e. The third-order valence-corrected chi connectivity index (χ3v) is 3.83. The highest BCUT2D eigenvalue weighted by atomic mass is 16.6. The molecule has 0 bridgehead atoms. The van der Waals surface area contributed by atoms with Crippen LogP contribution in [0.5, 0.6) is 0 Å². The van der Waals surface area contributed by atoms with E-state index in [1.54, 1.807) is 27.7 Å². The number of nitrogens with two attached hydrogens (primary N) is 1. The molecular weight excluding hydrogens is 320 g/mol. The minimum atomic E-state index is -0.814. The predicted molar refractivity (Wildman–Crippen MR) is 97.3 cm³/mol. The van der Waals surface area contributed by atoms with Crippen LogP contribution in [0.15, 0.2) is 30.3 Å². The quantitative estimate of drug-likeness (QED) is 0.668. The van der Waals surface area contributed by atoms with Gasteiger partial charge < -0.3 is 20.9 Å². The molecule has 0 saturated carbocycles. The van der Waals surface area contributed by atoms with Crippen LogP contribution in [0.25, 0.3) is 0 Å². The second-order valence-electron chi connectivity index (χ2n) is 7.21. The largest absolute Gasteiger partial charge is 0.444 e. The topological polar surface area (TPSA) is 102 Å². The maximum atomic E-state index is 12.2. The number of amides is 1. The summed E-state index contributed by atoms with van der Waals surface area (Å²) in [6.45, 7) is 6.93. The van der Waals surface area contributed by atoms with Crippen LogP contribution in [-0.4, -0.2) is 41.3 Å². The lowest BCUT2D eigenvalue weighted by molar-refractivity contribution is -0.118. The van der Waals surface area contributed by atoms with Crippen molar-refractivity contribution in [3.63, 3.8) is 0 Å². The number of carbonyl (C=O) groups excluding carboxylic acids is 2. The molecule has 0 heterocycles. The van der Waals surface area contributed by atoms with E-state index >= 15 is 0 Å². The van der Waals surface area contributed by atoms with Crippen molar-refractivity contribution in [2.75, 3.05) is 6.54 Å². The lowest BCUT2D eigenvalue weighted by Gasteiger charge is -2.31. The van der Waals surface area contributed by atoms with E-state index in [4.69, 9.17) is 10.5 Å². The van der Waals surface area contributed by atoms with Crippen LogP contribution in [0.1, 0.15) is 52.0 Å². The Kier molecular flexibility index (Phi) is 8.06. The van der Waals surface area contributed by atoms with Gasteiger partial charge >= 0.3 is 6.09 Å². The van der Waals surface area contributed by atoms with Gasteiger partial charge in [-0.05, 0) is 39.7 Å². The van der Waals surface area contributed by atoms with Crippen LogP contribution in [0.3, 0.4) is 0 Å².